The Morgan fingerprint density at radius 3 is 3.00 bits per heavy atom. The molecule has 1 aliphatic rings. The molecule has 1 aromatic carbocycles. The molecule has 1 amide bonds. The van der Waals surface area contributed by atoms with Crippen molar-refractivity contribution in [1.82, 2.24) is 0 Å². The van der Waals surface area contributed by atoms with Crippen LogP contribution >= 0.6 is 0 Å². The first kappa shape index (κ1) is 14.5. The molecule has 3 N–H and O–H groups in total. The molecule has 1 aromatic rings. The van der Waals surface area contributed by atoms with Gasteiger partial charge in [0.15, 0.2) is 0 Å². The molecule has 5 nitrogen and oxygen atoms in total. The van der Waals surface area contributed by atoms with Gasteiger partial charge in [-0.05, 0) is 36.5 Å². The average molecular weight is 276 g/mol. The van der Waals surface area contributed by atoms with Crippen molar-refractivity contribution in [3.05, 3.63) is 29.3 Å². The van der Waals surface area contributed by atoms with Crippen molar-refractivity contribution >= 4 is 17.6 Å². The first-order chi connectivity index (χ1) is 9.60. The third-order valence-electron chi connectivity index (χ3n) is 3.58. The lowest BCUT2D eigenvalue weighted by atomic mass is 9.95. The summed E-state index contributed by atoms with van der Waals surface area (Å²) < 4.78 is 4.60. The molecule has 0 bridgehead atoms. The van der Waals surface area contributed by atoms with Gasteiger partial charge < -0.3 is 15.8 Å². The van der Waals surface area contributed by atoms with Gasteiger partial charge in [-0.2, -0.15) is 0 Å². The summed E-state index contributed by atoms with van der Waals surface area (Å²) in [5.41, 5.74) is 9.20. The normalized spacial score (nSPS) is 15.2. The number of benzene rings is 1. The molecule has 1 heterocycles. The van der Waals surface area contributed by atoms with Gasteiger partial charge >= 0.3 is 5.97 Å². The van der Waals surface area contributed by atoms with Crippen molar-refractivity contribution in [3.8, 4) is 0 Å². The highest BCUT2D eigenvalue weighted by Gasteiger charge is 2.16. The van der Waals surface area contributed by atoms with Crippen LogP contribution in [0.3, 0.4) is 0 Å². The van der Waals surface area contributed by atoms with Crippen LogP contribution in [-0.4, -0.2) is 19.0 Å². The summed E-state index contributed by atoms with van der Waals surface area (Å²) in [7, 11) is 1.39. The number of carbonyl (C=O) groups excluding carboxylic acids is 2. The van der Waals surface area contributed by atoms with Crippen LogP contribution in [0.2, 0.25) is 0 Å². The molecule has 1 aliphatic heterocycles. The van der Waals surface area contributed by atoms with Crippen LogP contribution in [0.1, 0.15) is 42.9 Å². The molecule has 20 heavy (non-hydrogen) atoms. The molecule has 1 atom stereocenters. The SMILES string of the molecule is COC(=O)CCCC(N)c1ccc2c(c1)CCC(=O)N2. The molecule has 2 rings (SSSR count). The molecule has 0 saturated carbocycles. The largest absolute Gasteiger partial charge is 0.469 e. The fraction of sp³-hybridized carbons (Fsp3) is 0.467. The summed E-state index contributed by atoms with van der Waals surface area (Å²) in [5, 5.41) is 2.85. The van der Waals surface area contributed by atoms with Gasteiger partial charge in [0, 0.05) is 24.6 Å². The summed E-state index contributed by atoms with van der Waals surface area (Å²) in [6.45, 7) is 0. The number of hydrogen-bond donors (Lipinski definition) is 2. The highest BCUT2D eigenvalue weighted by molar-refractivity contribution is 5.93. The lowest BCUT2D eigenvalue weighted by Crippen LogP contribution is -2.20. The van der Waals surface area contributed by atoms with Crippen molar-refractivity contribution in [3.63, 3.8) is 0 Å². The van der Waals surface area contributed by atoms with Crippen LogP contribution in [0, 0.1) is 0 Å². The molecule has 5 heteroatoms. The minimum Gasteiger partial charge on any atom is -0.469 e. The Morgan fingerprint density at radius 1 is 1.45 bits per heavy atom. The van der Waals surface area contributed by atoms with Gasteiger partial charge in [0.2, 0.25) is 5.91 Å². The minimum absolute atomic E-state index is 0.0626. The lowest BCUT2D eigenvalue weighted by molar-refractivity contribution is -0.140. The number of anilines is 1. The van der Waals surface area contributed by atoms with Crippen molar-refractivity contribution in [2.45, 2.75) is 38.1 Å². The molecule has 0 aliphatic carbocycles. The zero-order valence-corrected chi connectivity index (χ0v) is 11.6. The third-order valence-corrected chi connectivity index (χ3v) is 3.58. The van der Waals surface area contributed by atoms with E-state index in [4.69, 9.17) is 5.73 Å². The second-order valence-electron chi connectivity index (χ2n) is 5.04. The number of esters is 1. The minimum atomic E-state index is -0.203. The van der Waals surface area contributed by atoms with Crippen LogP contribution in [0.5, 0.6) is 0 Å². The van der Waals surface area contributed by atoms with E-state index >= 15 is 0 Å². The van der Waals surface area contributed by atoms with Crippen molar-refractivity contribution in [2.75, 3.05) is 12.4 Å². The summed E-state index contributed by atoms with van der Waals surface area (Å²) in [6.07, 6.45) is 3.12. The number of ether oxygens (including phenoxy) is 1. The van der Waals surface area contributed by atoms with E-state index in [1.807, 2.05) is 12.1 Å². The maximum absolute atomic E-state index is 11.3. The van der Waals surface area contributed by atoms with E-state index in [1.165, 1.54) is 7.11 Å². The molecule has 0 radical (unpaired) electrons. The van der Waals surface area contributed by atoms with Gasteiger partial charge in [-0.15, -0.1) is 0 Å². The summed E-state index contributed by atoms with van der Waals surface area (Å²) in [4.78, 5) is 22.3. The van der Waals surface area contributed by atoms with E-state index in [-0.39, 0.29) is 17.9 Å². The van der Waals surface area contributed by atoms with Gasteiger partial charge in [-0.3, -0.25) is 9.59 Å². The number of nitrogens with two attached hydrogens (primary N) is 1. The second-order valence-corrected chi connectivity index (χ2v) is 5.04. The Bertz CT molecular complexity index is 514. The molecule has 1 unspecified atom stereocenters. The van der Waals surface area contributed by atoms with Crippen molar-refractivity contribution < 1.29 is 14.3 Å². The maximum Gasteiger partial charge on any atom is 0.305 e. The zero-order chi connectivity index (χ0) is 14.5. The predicted molar refractivity (Wildman–Crippen MR) is 76.2 cm³/mol. The third kappa shape index (κ3) is 3.57. The van der Waals surface area contributed by atoms with Crippen LogP contribution in [0.25, 0.3) is 0 Å². The Labute approximate surface area is 118 Å². The highest BCUT2D eigenvalue weighted by Crippen LogP contribution is 2.27. The number of aryl methyl sites for hydroxylation is 1. The van der Waals surface area contributed by atoms with E-state index in [0.29, 0.717) is 19.3 Å². The summed E-state index contributed by atoms with van der Waals surface area (Å²) >= 11 is 0. The van der Waals surface area contributed by atoms with Gasteiger partial charge in [0.05, 0.1) is 7.11 Å². The monoisotopic (exact) mass is 276 g/mol. The molecule has 0 aromatic heterocycles. The van der Waals surface area contributed by atoms with Gasteiger partial charge in [0.25, 0.3) is 0 Å². The smallest absolute Gasteiger partial charge is 0.305 e. The maximum atomic E-state index is 11.3. The molecule has 0 saturated heterocycles. The van der Waals surface area contributed by atoms with E-state index in [9.17, 15) is 9.59 Å². The Morgan fingerprint density at radius 2 is 2.25 bits per heavy atom. The number of amides is 1. The summed E-state index contributed by atoms with van der Waals surface area (Å²) in [5.74, 6) is -0.141. The fourth-order valence-electron chi connectivity index (χ4n) is 2.37. The molecule has 0 spiro atoms. The predicted octanol–water partition coefficient (Wildman–Crippen LogP) is 1.91. The van der Waals surface area contributed by atoms with E-state index in [1.54, 1.807) is 0 Å². The van der Waals surface area contributed by atoms with Gasteiger partial charge in [0.1, 0.15) is 0 Å². The van der Waals surface area contributed by atoms with E-state index in [2.05, 4.69) is 16.1 Å². The zero-order valence-electron chi connectivity index (χ0n) is 11.6. The van der Waals surface area contributed by atoms with E-state index in [0.717, 1.165) is 29.7 Å². The standard InChI is InChI=1S/C15H20N2O3/c1-20-15(19)4-2-3-12(16)10-5-7-13-11(9-10)6-8-14(18)17-13/h5,7,9,12H,2-4,6,8,16H2,1H3,(H,17,18). The molecule has 108 valence electrons. The number of carbonyl (C=O) groups is 2. The first-order valence-corrected chi connectivity index (χ1v) is 6.85. The number of rotatable bonds is 5. The van der Waals surface area contributed by atoms with Crippen molar-refractivity contribution in [2.24, 2.45) is 5.73 Å². The number of hydrogen-bond acceptors (Lipinski definition) is 4. The fourth-order valence-corrected chi connectivity index (χ4v) is 2.37. The lowest BCUT2D eigenvalue weighted by Gasteiger charge is -2.19. The van der Waals surface area contributed by atoms with Crippen LogP contribution in [0.15, 0.2) is 18.2 Å². The highest BCUT2D eigenvalue weighted by atomic mass is 16.5. The second kappa shape index (κ2) is 6.52. The number of fused-ring (bicyclic) bond motifs is 1. The Hall–Kier alpha value is -1.88. The Balaban J connectivity index is 1.95. The topological polar surface area (TPSA) is 81.4 Å². The Kier molecular flexibility index (Phi) is 4.74. The van der Waals surface area contributed by atoms with Gasteiger partial charge in [-0.25, -0.2) is 0 Å². The van der Waals surface area contributed by atoms with Crippen LogP contribution < -0.4 is 11.1 Å². The number of methoxy groups -OCH3 is 1. The van der Waals surface area contributed by atoms with Gasteiger partial charge in [-0.1, -0.05) is 12.1 Å². The van der Waals surface area contributed by atoms with Crippen molar-refractivity contribution in [1.29, 1.82) is 0 Å². The van der Waals surface area contributed by atoms with Crippen LogP contribution in [-0.2, 0) is 20.7 Å². The summed E-state index contributed by atoms with van der Waals surface area (Å²) in [6, 6.07) is 5.80. The van der Waals surface area contributed by atoms with Crippen LogP contribution in [0.4, 0.5) is 5.69 Å². The van der Waals surface area contributed by atoms with E-state index < -0.39 is 0 Å². The molecular weight excluding hydrogens is 256 g/mol. The quantitative estimate of drug-likeness (QED) is 0.805. The molecule has 0 fully saturated rings. The average Bonchev–Trinajstić information content (AvgIpc) is 2.46. The molecular formula is C15H20N2O3. The number of nitrogens with one attached hydrogen (secondary N) is 1. The first-order valence-electron chi connectivity index (χ1n) is 6.85.